The van der Waals surface area contributed by atoms with Crippen LogP contribution in [0, 0.1) is 35.5 Å². The van der Waals surface area contributed by atoms with Crippen LogP contribution in [0.1, 0.15) is 70.6 Å². The summed E-state index contributed by atoms with van der Waals surface area (Å²) >= 11 is 0. The summed E-state index contributed by atoms with van der Waals surface area (Å²) in [6, 6.07) is 0. The third-order valence-corrected chi connectivity index (χ3v) is 6.58. The first kappa shape index (κ1) is 19.5. The summed E-state index contributed by atoms with van der Waals surface area (Å²) in [5, 5.41) is 29.4. The maximum absolute atomic E-state index is 10.7. The number of carboxylic acid groups (broad SMARTS) is 1. The van der Waals surface area contributed by atoms with Gasteiger partial charge in [-0.2, -0.15) is 0 Å². The van der Waals surface area contributed by atoms with Gasteiger partial charge in [-0.25, -0.2) is 0 Å². The van der Waals surface area contributed by atoms with E-state index >= 15 is 0 Å². The molecule has 0 aromatic carbocycles. The molecule has 0 amide bonds. The lowest BCUT2D eigenvalue weighted by molar-refractivity contribution is -0.136. The first-order valence-electron chi connectivity index (χ1n) is 10.3. The molecule has 3 N–H and O–H groups in total. The summed E-state index contributed by atoms with van der Waals surface area (Å²) < 4.78 is 0. The van der Waals surface area contributed by atoms with Crippen molar-refractivity contribution in [1.82, 2.24) is 0 Å². The van der Waals surface area contributed by atoms with E-state index in [9.17, 15) is 15.0 Å². The number of rotatable bonds is 5. The Balaban J connectivity index is 1.53. The molecule has 144 valence electrons. The third kappa shape index (κ3) is 4.90. The average molecular weight is 360 g/mol. The zero-order valence-electron chi connectivity index (χ0n) is 15.6. The van der Waals surface area contributed by atoms with Crippen molar-refractivity contribution >= 4 is 5.97 Å². The fraction of sp³-hybridized carbons (Fsp3) is 0.773. The summed E-state index contributed by atoms with van der Waals surface area (Å²) in [4.78, 5) is 10.7. The highest BCUT2D eigenvalue weighted by Crippen LogP contribution is 2.51. The normalized spacial score (nSPS) is 34.3. The van der Waals surface area contributed by atoms with E-state index in [2.05, 4.69) is 17.9 Å². The monoisotopic (exact) mass is 360 g/mol. The van der Waals surface area contributed by atoms with Crippen LogP contribution in [0.15, 0.2) is 11.6 Å². The predicted molar refractivity (Wildman–Crippen MR) is 100 cm³/mol. The first-order valence-corrected chi connectivity index (χ1v) is 10.3. The molecule has 0 radical (unpaired) electrons. The van der Waals surface area contributed by atoms with Gasteiger partial charge < -0.3 is 15.3 Å². The van der Waals surface area contributed by atoms with E-state index < -0.39 is 18.2 Å². The summed E-state index contributed by atoms with van der Waals surface area (Å²) in [5.74, 6) is 6.86. The zero-order chi connectivity index (χ0) is 18.5. The fourth-order valence-corrected chi connectivity index (χ4v) is 5.08. The van der Waals surface area contributed by atoms with Crippen molar-refractivity contribution in [1.29, 1.82) is 0 Å². The molecule has 4 nitrogen and oxygen atoms in total. The second-order valence-electron chi connectivity index (χ2n) is 8.40. The number of aliphatic hydroxyl groups excluding tert-OH is 2. The van der Waals surface area contributed by atoms with Gasteiger partial charge in [0.2, 0.25) is 0 Å². The molecule has 26 heavy (non-hydrogen) atoms. The van der Waals surface area contributed by atoms with Gasteiger partial charge in [0.1, 0.15) is 6.10 Å². The SMILES string of the molecule is O=C(O)CCC=C1C[C@@H]2[C@@H](C#CC(O)CC3CCCCC3)[C@H](O)CC[C@H]12. The summed E-state index contributed by atoms with van der Waals surface area (Å²) in [6.45, 7) is 0. The topological polar surface area (TPSA) is 77.8 Å². The minimum absolute atomic E-state index is 0.0496. The van der Waals surface area contributed by atoms with Crippen molar-refractivity contribution in [2.75, 3.05) is 0 Å². The largest absolute Gasteiger partial charge is 0.481 e. The standard InChI is InChI=1S/C22H32O4/c23-17(13-15-5-2-1-3-6-15)9-10-19-20-14-16(7-4-8-22(25)26)18(20)11-12-21(19)24/h7,15,17-21,23-24H,1-6,8,11-14H2,(H,25,26)/t17?,18-,19-,20+,21-/m1/s1. The highest BCUT2D eigenvalue weighted by atomic mass is 16.4. The van der Waals surface area contributed by atoms with Gasteiger partial charge in [-0.3, -0.25) is 4.79 Å². The lowest BCUT2D eigenvalue weighted by atomic mass is 9.57. The smallest absolute Gasteiger partial charge is 0.303 e. The van der Waals surface area contributed by atoms with E-state index in [-0.39, 0.29) is 12.3 Å². The Morgan fingerprint density at radius 1 is 1.19 bits per heavy atom. The van der Waals surface area contributed by atoms with E-state index in [1.807, 2.05) is 0 Å². The van der Waals surface area contributed by atoms with Crippen LogP contribution in [0.5, 0.6) is 0 Å². The molecule has 0 aromatic rings. The molecule has 5 atom stereocenters. The number of carbonyl (C=O) groups is 1. The number of carboxylic acids is 1. The Morgan fingerprint density at radius 2 is 1.96 bits per heavy atom. The van der Waals surface area contributed by atoms with Crippen molar-refractivity contribution in [3.8, 4) is 11.8 Å². The van der Waals surface area contributed by atoms with Crippen LogP contribution in [0.3, 0.4) is 0 Å². The Bertz CT molecular complexity index is 579. The third-order valence-electron chi connectivity index (χ3n) is 6.58. The van der Waals surface area contributed by atoms with Crippen LogP contribution in [-0.4, -0.2) is 33.5 Å². The molecule has 4 heteroatoms. The van der Waals surface area contributed by atoms with Crippen LogP contribution >= 0.6 is 0 Å². The number of aliphatic carboxylic acids is 1. The van der Waals surface area contributed by atoms with Gasteiger partial charge in [0.05, 0.1) is 12.0 Å². The lowest BCUT2D eigenvalue weighted by Gasteiger charge is -2.48. The minimum atomic E-state index is -0.757. The van der Waals surface area contributed by atoms with Gasteiger partial charge in [0.25, 0.3) is 0 Å². The van der Waals surface area contributed by atoms with Crippen molar-refractivity contribution in [3.05, 3.63) is 11.6 Å². The number of allylic oxidation sites excluding steroid dienone is 2. The molecular weight excluding hydrogens is 328 g/mol. The second kappa shape index (κ2) is 9.06. The zero-order valence-corrected chi connectivity index (χ0v) is 15.6. The molecule has 0 aliphatic heterocycles. The number of aliphatic hydroxyl groups is 2. The maximum Gasteiger partial charge on any atom is 0.303 e. The van der Waals surface area contributed by atoms with Crippen LogP contribution in [-0.2, 0) is 4.79 Å². The molecule has 3 aliphatic carbocycles. The molecular formula is C22H32O4. The molecule has 0 aromatic heterocycles. The van der Waals surface area contributed by atoms with Crippen LogP contribution in [0.2, 0.25) is 0 Å². The van der Waals surface area contributed by atoms with E-state index in [0.717, 1.165) is 25.7 Å². The van der Waals surface area contributed by atoms with E-state index in [1.165, 1.54) is 37.7 Å². The Kier molecular flexibility index (Phi) is 6.78. The Morgan fingerprint density at radius 3 is 2.69 bits per heavy atom. The van der Waals surface area contributed by atoms with Gasteiger partial charge >= 0.3 is 5.97 Å². The molecule has 0 spiro atoms. The molecule has 3 aliphatic rings. The first-order chi connectivity index (χ1) is 12.5. The summed E-state index contributed by atoms with van der Waals surface area (Å²) in [6.07, 6.45) is 11.6. The predicted octanol–water partition coefficient (Wildman–Crippen LogP) is 3.52. The average Bonchev–Trinajstić information content (AvgIpc) is 2.59. The quantitative estimate of drug-likeness (QED) is 0.518. The highest BCUT2D eigenvalue weighted by molar-refractivity contribution is 5.66. The minimum Gasteiger partial charge on any atom is -0.481 e. The number of hydrogen-bond donors (Lipinski definition) is 3. The molecule has 0 bridgehead atoms. The van der Waals surface area contributed by atoms with E-state index in [0.29, 0.717) is 24.2 Å². The van der Waals surface area contributed by atoms with E-state index in [4.69, 9.17) is 5.11 Å². The number of fused-ring (bicyclic) bond motifs is 1. The molecule has 3 rings (SSSR count). The molecule has 0 heterocycles. The van der Waals surface area contributed by atoms with Crippen molar-refractivity contribution in [3.63, 3.8) is 0 Å². The lowest BCUT2D eigenvalue weighted by Crippen LogP contribution is -2.44. The van der Waals surface area contributed by atoms with Gasteiger partial charge in [0.15, 0.2) is 0 Å². The van der Waals surface area contributed by atoms with Crippen LogP contribution in [0.25, 0.3) is 0 Å². The molecule has 3 fully saturated rings. The van der Waals surface area contributed by atoms with Crippen LogP contribution in [0.4, 0.5) is 0 Å². The van der Waals surface area contributed by atoms with Crippen molar-refractivity contribution in [2.24, 2.45) is 23.7 Å². The van der Waals surface area contributed by atoms with Gasteiger partial charge in [0, 0.05) is 6.42 Å². The van der Waals surface area contributed by atoms with Gasteiger partial charge in [-0.15, -0.1) is 0 Å². The maximum atomic E-state index is 10.7. The van der Waals surface area contributed by atoms with Crippen molar-refractivity contribution < 1.29 is 20.1 Å². The molecule has 3 saturated carbocycles. The van der Waals surface area contributed by atoms with Crippen molar-refractivity contribution in [2.45, 2.75) is 82.8 Å². The molecule has 1 unspecified atom stereocenters. The molecule has 0 saturated heterocycles. The van der Waals surface area contributed by atoms with Gasteiger partial charge in [-0.1, -0.05) is 55.6 Å². The van der Waals surface area contributed by atoms with Gasteiger partial charge in [-0.05, 0) is 49.9 Å². The summed E-state index contributed by atoms with van der Waals surface area (Å²) in [7, 11) is 0. The Hall–Kier alpha value is -1.31. The highest BCUT2D eigenvalue weighted by Gasteiger charge is 2.46. The number of hydrogen-bond acceptors (Lipinski definition) is 3. The Labute approximate surface area is 156 Å². The second-order valence-corrected chi connectivity index (χ2v) is 8.40. The summed E-state index contributed by atoms with van der Waals surface area (Å²) in [5.41, 5.74) is 1.35. The van der Waals surface area contributed by atoms with E-state index in [1.54, 1.807) is 0 Å². The van der Waals surface area contributed by atoms with Crippen LogP contribution < -0.4 is 0 Å². The fourth-order valence-electron chi connectivity index (χ4n) is 5.08.